The Bertz CT molecular complexity index is 542. The minimum atomic E-state index is -1.07. The summed E-state index contributed by atoms with van der Waals surface area (Å²) in [6.07, 6.45) is 6.07. The third-order valence-electron chi connectivity index (χ3n) is 3.19. The van der Waals surface area contributed by atoms with Gasteiger partial charge in [0, 0.05) is 36.2 Å². The van der Waals surface area contributed by atoms with E-state index in [0.717, 1.165) is 12.5 Å². The van der Waals surface area contributed by atoms with Crippen LogP contribution in [0.5, 0.6) is 0 Å². The second kappa shape index (κ2) is 6.29. The number of hydrogen-bond donors (Lipinski definition) is 2. The summed E-state index contributed by atoms with van der Waals surface area (Å²) >= 11 is 0. The average molecular weight is 276 g/mol. The van der Waals surface area contributed by atoms with Crippen molar-refractivity contribution in [3.05, 3.63) is 35.7 Å². The molecule has 2 rings (SSSR count). The quantitative estimate of drug-likeness (QED) is 0.803. The fourth-order valence-electron chi connectivity index (χ4n) is 2.07. The maximum Gasteiger partial charge on any atom is 0.328 e. The number of hydrogen-bond acceptors (Lipinski definition) is 4. The summed E-state index contributed by atoms with van der Waals surface area (Å²) in [6.45, 7) is 2.55. The highest BCUT2D eigenvalue weighted by atomic mass is 16.5. The van der Waals surface area contributed by atoms with Gasteiger partial charge < -0.3 is 15.2 Å². The van der Waals surface area contributed by atoms with Gasteiger partial charge in [-0.2, -0.15) is 0 Å². The van der Waals surface area contributed by atoms with E-state index in [2.05, 4.69) is 10.3 Å². The van der Waals surface area contributed by atoms with E-state index in [4.69, 9.17) is 9.84 Å². The summed E-state index contributed by atoms with van der Waals surface area (Å²) in [5.41, 5.74) is 0.871. The fourth-order valence-corrected chi connectivity index (χ4v) is 2.07. The van der Waals surface area contributed by atoms with Crippen LogP contribution >= 0.6 is 0 Å². The number of amides is 1. The van der Waals surface area contributed by atoms with Crippen LogP contribution in [0.15, 0.2) is 24.5 Å². The fraction of sp³-hybridized carbons (Fsp3) is 0.357. The van der Waals surface area contributed by atoms with Gasteiger partial charge >= 0.3 is 5.97 Å². The van der Waals surface area contributed by atoms with Crippen molar-refractivity contribution in [1.29, 1.82) is 0 Å². The van der Waals surface area contributed by atoms with Crippen LogP contribution in [-0.4, -0.2) is 40.7 Å². The van der Waals surface area contributed by atoms with Gasteiger partial charge in [0.05, 0.1) is 12.1 Å². The van der Waals surface area contributed by atoms with Gasteiger partial charge in [-0.05, 0) is 25.5 Å². The van der Waals surface area contributed by atoms with Crippen LogP contribution in [0.2, 0.25) is 0 Å². The topological polar surface area (TPSA) is 88.5 Å². The van der Waals surface area contributed by atoms with Crippen molar-refractivity contribution in [3.8, 4) is 0 Å². The molecule has 2 N–H and O–H groups in total. The van der Waals surface area contributed by atoms with E-state index in [0.29, 0.717) is 17.7 Å². The van der Waals surface area contributed by atoms with Crippen molar-refractivity contribution in [1.82, 2.24) is 10.3 Å². The first kappa shape index (κ1) is 14.2. The van der Waals surface area contributed by atoms with Crippen molar-refractivity contribution in [3.63, 3.8) is 0 Å². The summed E-state index contributed by atoms with van der Waals surface area (Å²) in [6, 6.07) is 1.55. The van der Waals surface area contributed by atoms with Crippen molar-refractivity contribution in [2.45, 2.75) is 25.5 Å². The molecule has 0 aromatic carbocycles. The molecule has 2 heterocycles. The van der Waals surface area contributed by atoms with E-state index in [1.54, 1.807) is 6.07 Å². The van der Waals surface area contributed by atoms with Crippen molar-refractivity contribution >= 4 is 18.0 Å². The number of carboxylic acid groups (broad SMARTS) is 1. The Morgan fingerprint density at radius 1 is 1.55 bits per heavy atom. The lowest BCUT2D eigenvalue weighted by Gasteiger charge is -2.16. The minimum Gasteiger partial charge on any atom is -0.478 e. The van der Waals surface area contributed by atoms with Crippen LogP contribution in [-0.2, 0) is 9.53 Å². The van der Waals surface area contributed by atoms with Gasteiger partial charge in [-0.15, -0.1) is 0 Å². The highest BCUT2D eigenvalue weighted by Gasteiger charge is 2.26. The number of ether oxygens (including phenoxy) is 1. The SMILES string of the molecule is CC1OCCC1NC(=O)c1ccncc1/C=C/C(=O)O. The zero-order chi connectivity index (χ0) is 14.5. The van der Waals surface area contributed by atoms with E-state index in [1.807, 2.05) is 6.92 Å². The van der Waals surface area contributed by atoms with Crippen LogP contribution < -0.4 is 5.32 Å². The van der Waals surface area contributed by atoms with Crippen LogP contribution in [0.4, 0.5) is 0 Å². The first-order valence-electron chi connectivity index (χ1n) is 6.35. The maximum absolute atomic E-state index is 12.2. The zero-order valence-electron chi connectivity index (χ0n) is 11.1. The van der Waals surface area contributed by atoms with E-state index in [9.17, 15) is 9.59 Å². The number of pyridine rings is 1. The Morgan fingerprint density at radius 2 is 2.35 bits per heavy atom. The van der Waals surface area contributed by atoms with Gasteiger partial charge in [-0.25, -0.2) is 4.79 Å². The molecular weight excluding hydrogens is 260 g/mol. The Kier molecular flexibility index (Phi) is 4.47. The number of carbonyl (C=O) groups is 2. The number of carbonyl (C=O) groups excluding carboxylic acids is 1. The van der Waals surface area contributed by atoms with Crippen molar-refractivity contribution < 1.29 is 19.4 Å². The smallest absolute Gasteiger partial charge is 0.328 e. The monoisotopic (exact) mass is 276 g/mol. The molecular formula is C14H16N2O4. The number of aromatic nitrogens is 1. The van der Waals surface area contributed by atoms with Gasteiger partial charge in [0.25, 0.3) is 5.91 Å². The van der Waals surface area contributed by atoms with E-state index < -0.39 is 5.97 Å². The molecule has 106 valence electrons. The Balaban J connectivity index is 2.15. The third kappa shape index (κ3) is 3.42. The van der Waals surface area contributed by atoms with Crippen LogP contribution in [0.3, 0.4) is 0 Å². The summed E-state index contributed by atoms with van der Waals surface area (Å²) in [5.74, 6) is -1.32. The van der Waals surface area contributed by atoms with Crippen LogP contribution in [0.1, 0.15) is 29.3 Å². The minimum absolute atomic E-state index is 0.0150. The molecule has 0 saturated carbocycles. The first-order valence-corrected chi connectivity index (χ1v) is 6.35. The summed E-state index contributed by atoms with van der Waals surface area (Å²) in [4.78, 5) is 26.7. The molecule has 1 saturated heterocycles. The predicted molar refractivity (Wildman–Crippen MR) is 72.2 cm³/mol. The molecule has 1 aromatic heterocycles. The molecule has 1 fully saturated rings. The lowest BCUT2D eigenvalue weighted by Crippen LogP contribution is -2.39. The standard InChI is InChI=1S/C14H16N2O4/c1-9-12(5-7-20-9)16-14(19)11-4-6-15-8-10(11)2-3-13(17)18/h2-4,6,8-9,12H,5,7H2,1H3,(H,16,19)(H,17,18)/b3-2+. The number of carboxylic acids is 1. The predicted octanol–water partition coefficient (Wildman–Crippen LogP) is 1.09. The Labute approximate surface area is 116 Å². The molecule has 0 spiro atoms. The molecule has 6 nitrogen and oxygen atoms in total. The van der Waals surface area contributed by atoms with Gasteiger partial charge in [-0.1, -0.05) is 0 Å². The molecule has 2 atom stereocenters. The summed E-state index contributed by atoms with van der Waals surface area (Å²) in [7, 11) is 0. The normalized spacial score (nSPS) is 22.1. The average Bonchev–Trinajstić information content (AvgIpc) is 2.82. The number of aliphatic carboxylic acids is 1. The molecule has 1 aromatic rings. The molecule has 0 bridgehead atoms. The van der Waals surface area contributed by atoms with Gasteiger partial charge in [-0.3, -0.25) is 9.78 Å². The van der Waals surface area contributed by atoms with Gasteiger partial charge in [0.1, 0.15) is 0 Å². The van der Waals surface area contributed by atoms with E-state index in [1.165, 1.54) is 18.5 Å². The maximum atomic E-state index is 12.2. The second-order valence-corrected chi connectivity index (χ2v) is 4.58. The molecule has 2 unspecified atom stereocenters. The molecule has 0 aliphatic carbocycles. The van der Waals surface area contributed by atoms with Gasteiger partial charge in [0.15, 0.2) is 0 Å². The third-order valence-corrected chi connectivity index (χ3v) is 3.19. The number of nitrogens with one attached hydrogen (secondary N) is 1. The molecule has 1 aliphatic rings. The van der Waals surface area contributed by atoms with Crippen molar-refractivity contribution in [2.75, 3.05) is 6.61 Å². The molecule has 6 heteroatoms. The zero-order valence-corrected chi connectivity index (χ0v) is 11.1. The Morgan fingerprint density at radius 3 is 3.00 bits per heavy atom. The summed E-state index contributed by atoms with van der Waals surface area (Å²) in [5, 5.41) is 11.5. The molecule has 1 aliphatic heterocycles. The number of nitrogens with zero attached hydrogens (tertiary/aromatic N) is 1. The van der Waals surface area contributed by atoms with Crippen LogP contribution in [0, 0.1) is 0 Å². The molecule has 0 radical (unpaired) electrons. The number of rotatable bonds is 4. The lowest BCUT2D eigenvalue weighted by atomic mass is 10.1. The van der Waals surface area contributed by atoms with Crippen molar-refractivity contribution in [2.24, 2.45) is 0 Å². The summed E-state index contributed by atoms with van der Waals surface area (Å²) < 4.78 is 5.39. The van der Waals surface area contributed by atoms with E-state index >= 15 is 0 Å². The van der Waals surface area contributed by atoms with Gasteiger partial charge in [0.2, 0.25) is 0 Å². The molecule has 1 amide bonds. The Hall–Kier alpha value is -2.21. The largest absolute Gasteiger partial charge is 0.478 e. The first-order chi connectivity index (χ1) is 9.58. The molecule has 20 heavy (non-hydrogen) atoms. The second-order valence-electron chi connectivity index (χ2n) is 4.58. The van der Waals surface area contributed by atoms with Crippen LogP contribution in [0.25, 0.3) is 6.08 Å². The van der Waals surface area contributed by atoms with E-state index in [-0.39, 0.29) is 18.1 Å². The highest BCUT2D eigenvalue weighted by molar-refractivity contribution is 5.98. The lowest BCUT2D eigenvalue weighted by molar-refractivity contribution is -0.131. The highest BCUT2D eigenvalue weighted by Crippen LogP contribution is 2.15.